The second-order valence-corrected chi connectivity index (χ2v) is 7.68. The van der Waals surface area contributed by atoms with Crippen LogP contribution in [0.1, 0.15) is 37.2 Å². The predicted octanol–water partition coefficient (Wildman–Crippen LogP) is 3.80. The van der Waals surface area contributed by atoms with Gasteiger partial charge in [-0.15, -0.1) is 11.3 Å². The highest BCUT2D eigenvalue weighted by Gasteiger charge is 2.22. The third-order valence-corrected chi connectivity index (χ3v) is 5.55. The van der Waals surface area contributed by atoms with Crippen molar-refractivity contribution >= 4 is 17.2 Å². The predicted molar refractivity (Wildman–Crippen MR) is 99.3 cm³/mol. The molecule has 0 radical (unpaired) electrons. The zero-order valence-electron chi connectivity index (χ0n) is 14.7. The molecule has 1 saturated heterocycles. The summed E-state index contributed by atoms with van der Waals surface area (Å²) in [6.07, 6.45) is 2.31. The monoisotopic (exact) mass is 361 g/mol. The van der Waals surface area contributed by atoms with Gasteiger partial charge in [0.2, 0.25) is 0 Å². The Morgan fingerprint density at radius 2 is 2.24 bits per heavy atom. The number of nitrogens with one attached hydrogen (secondary N) is 1. The summed E-state index contributed by atoms with van der Waals surface area (Å²) in [4.78, 5) is 19.1. The number of rotatable bonds is 5. The molecular formula is C19H24FN3OS. The van der Waals surface area contributed by atoms with E-state index in [9.17, 15) is 9.18 Å². The van der Waals surface area contributed by atoms with Crippen LogP contribution in [0.3, 0.4) is 0 Å². The van der Waals surface area contributed by atoms with E-state index in [1.165, 1.54) is 23.8 Å². The maximum atomic E-state index is 13.8. The number of thiazole rings is 1. The lowest BCUT2D eigenvalue weighted by Crippen LogP contribution is -2.43. The summed E-state index contributed by atoms with van der Waals surface area (Å²) in [5, 5.41) is 5.22. The molecule has 0 saturated carbocycles. The first-order valence-electron chi connectivity index (χ1n) is 8.77. The van der Waals surface area contributed by atoms with Crippen LogP contribution in [-0.2, 0) is 0 Å². The van der Waals surface area contributed by atoms with Crippen LogP contribution < -0.4 is 5.32 Å². The number of aromatic nitrogens is 1. The minimum absolute atomic E-state index is 0.180. The maximum absolute atomic E-state index is 13.8. The van der Waals surface area contributed by atoms with Crippen molar-refractivity contribution in [3.05, 3.63) is 41.2 Å². The fourth-order valence-corrected chi connectivity index (χ4v) is 4.02. The first-order valence-corrected chi connectivity index (χ1v) is 9.65. The third kappa shape index (κ3) is 4.44. The minimum atomic E-state index is -0.320. The van der Waals surface area contributed by atoms with E-state index in [0.29, 0.717) is 34.8 Å². The van der Waals surface area contributed by atoms with Crippen LogP contribution in [0.5, 0.6) is 0 Å². The fraction of sp³-hybridized carbons (Fsp3) is 0.474. The van der Waals surface area contributed by atoms with E-state index in [1.807, 2.05) is 0 Å². The number of amides is 1. The number of hydrogen-bond acceptors (Lipinski definition) is 4. The van der Waals surface area contributed by atoms with Crippen LogP contribution in [0.4, 0.5) is 4.39 Å². The van der Waals surface area contributed by atoms with E-state index in [1.54, 1.807) is 23.6 Å². The normalized spacial score (nSPS) is 18.5. The van der Waals surface area contributed by atoms with Crippen molar-refractivity contribution in [2.45, 2.75) is 32.7 Å². The van der Waals surface area contributed by atoms with E-state index >= 15 is 0 Å². The van der Waals surface area contributed by atoms with Crippen molar-refractivity contribution in [2.24, 2.45) is 5.92 Å². The minimum Gasteiger partial charge on any atom is -0.350 e. The van der Waals surface area contributed by atoms with Gasteiger partial charge in [-0.1, -0.05) is 12.1 Å². The molecule has 1 aliphatic heterocycles. The van der Waals surface area contributed by atoms with Crippen molar-refractivity contribution < 1.29 is 9.18 Å². The Balaban J connectivity index is 1.58. The molecule has 134 valence electrons. The molecule has 1 fully saturated rings. The molecular weight excluding hydrogens is 337 g/mol. The summed E-state index contributed by atoms with van der Waals surface area (Å²) >= 11 is 1.29. The van der Waals surface area contributed by atoms with Gasteiger partial charge < -0.3 is 10.2 Å². The van der Waals surface area contributed by atoms with Gasteiger partial charge in [0.15, 0.2) is 0 Å². The maximum Gasteiger partial charge on any atom is 0.270 e. The van der Waals surface area contributed by atoms with Crippen LogP contribution in [0.2, 0.25) is 0 Å². The van der Waals surface area contributed by atoms with Crippen LogP contribution in [0.15, 0.2) is 29.6 Å². The van der Waals surface area contributed by atoms with Gasteiger partial charge in [-0.3, -0.25) is 4.79 Å². The first-order chi connectivity index (χ1) is 12.0. The second-order valence-electron chi connectivity index (χ2n) is 6.82. The van der Waals surface area contributed by atoms with Crippen molar-refractivity contribution in [3.8, 4) is 10.6 Å². The number of carbonyl (C=O) groups is 1. The third-order valence-electron chi connectivity index (χ3n) is 4.67. The number of benzene rings is 1. The molecule has 0 bridgehead atoms. The van der Waals surface area contributed by atoms with Gasteiger partial charge in [0.1, 0.15) is 16.5 Å². The van der Waals surface area contributed by atoms with Gasteiger partial charge >= 0.3 is 0 Å². The van der Waals surface area contributed by atoms with Crippen molar-refractivity contribution in [3.63, 3.8) is 0 Å². The number of likely N-dealkylation sites (tertiary alicyclic amines) is 1. The Labute approximate surface area is 152 Å². The molecule has 4 nitrogen and oxygen atoms in total. The first kappa shape index (κ1) is 18.0. The van der Waals surface area contributed by atoms with Crippen molar-refractivity contribution in [1.29, 1.82) is 0 Å². The Morgan fingerprint density at radius 1 is 1.44 bits per heavy atom. The summed E-state index contributed by atoms with van der Waals surface area (Å²) in [7, 11) is 0. The highest BCUT2D eigenvalue weighted by molar-refractivity contribution is 7.13. The standard InChI is InChI=1S/C19H24FN3OS/c1-13(2)23-9-5-6-14(11-23)10-21-18(24)17-12-25-19(22-17)15-7-3-4-8-16(15)20/h3-4,7-8,12-14H,5-6,9-11H2,1-2H3,(H,21,24). The van der Waals surface area contributed by atoms with Crippen molar-refractivity contribution in [2.75, 3.05) is 19.6 Å². The number of hydrogen-bond donors (Lipinski definition) is 1. The Kier molecular flexibility index (Phi) is 5.81. The largest absolute Gasteiger partial charge is 0.350 e. The molecule has 1 N–H and O–H groups in total. The van der Waals surface area contributed by atoms with Gasteiger partial charge in [0, 0.05) is 30.1 Å². The van der Waals surface area contributed by atoms with Crippen LogP contribution in [0, 0.1) is 11.7 Å². The van der Waals surface area contributed by atoms with Crippen LogP contribution >= 0.6 is 11.3 Å². The summed E-state index contributed by atoms with van der Waals surface area (Å²) in [6, 6.07) is 7.03. The lowest BCUT2D eigenvalue weighted by molar-refractivity contribution is 0.0918. The van der Waals surface area contributed by atoms with Crippen molar-refractivity contribution in [1.82, 2.24) is 15.2 Å². The molecule has 2 heterocycles. The Hall–Kier alpha value is -1.79. The van der Waals surface area contributed by atoms with Gasteiger partial charge in [0.05, 0.1) is 0 Å². The SMILES string of the molecule is CC(C)N1CCCC(CNC(=O)c2csc(-c3ccccc3F)n2)C1. The lowest BCUT2D eigenvalue weighted by atomic mass is 9.97. The molecule has 6 heteroatoms. The summed E-state index contributed by atoms with van der Waals surface area (Å²) in [5.41, 5.74) is 0.797. The topological polar surface area (TPSA) is 45.2 Å². The molecule has 1 aromatic carbocycles. The van der Waals surface area contributed by atoms with Crippen LogP contribution in [-0.4, -0.2) is 41.5 Å². The van der Waals surface area contributed by atoms with Gasteiger partial charge in [0.25, 0.3) is 5.91 Å². The number of halogens is 1. The van der Waals surface area contributed by atoms with E-state index in [-0.39, 0.29) is 11.7 Å². The second kappa shape index (κ2) is 8.06. The number of piperidine rings is 1. The lowest BCUT2D eigenvalue weighted by Gasteiger charge is -2.35. The molecule has 1 unspecified atom stereocenters. The molecule has 0 aliphatic carbocycles. The Bertz CT molecular complexity index is 731. The molecule has 25 heavy (non-hydrogen) atoms. The average Bonchev–Trinajstić information content (AvgIpc) is 3.10. The molecule has 1 aromatic heterocycles. The average molecular weight is 361 g/mol. The molecule has 0 spiro atoms. The van der Waals surface area contributed by atoms with Gasteiger partial charge in [-0.25, -0.2) is 9.37 Å². The van der Waals surface area contributed by atoms with E-state index < -0.39 is 0 Å². The smallest absolute Gasteiger partial charge is 0.270 e. The van der Waals surface area contributed by atoms with E-state index in [4.69, 9.17) is 0 Å². The van der Waals surface area contributed by atoms with Gasteiger partial charge in [-0.05, 0) is 51.3 Å². The molecule has 1 amide bonds. The quantitative estimate of drug-likeness (QED) is 0.881. The zero-order chi connectivity index (χ0) is 17.8. The van der Waals surface area contributed by atoms with Crippen LogP contribution in [0.25, 0.3) is 10.6 Å². The number of carbonyl (C=O) groups excluding carboxylic acids is 1. The number of nitrogens with zero attached hydrogens (tertiary/aromatic N) is 2. The molecule has 1 atom stereocenters. The summed E-state index contributed by atoms with van der Waals surface area (Å²) < 4.78 is 13.8. The highest BCUT2D eigenvalue weighted by Crippen LogP contribution is 2.26. The summed E-state index contributed by atoms with van der Waals surface area (Å²) in [5.74, 6) is -0.0231. The highest BCUT2D eigenvalue weighted by atomic mass is 32.1. The van der Waals surface area contributed by atoms with E-state index in [0.717, 1.165) is 19.5 Å². The zero-order valence-corrected chi connectivity index (χ0v) is 15.5. The molecule has 3 rings (SSSR count). The fourth-order valence-electron chi connectivity index (χ4n) is 3.20. The van der Waals surface area contributed by atoms with E-state index in [2.05, 4.69) is 29.0 Å². The van der Waals surface area contributed by atoms with Gasteiger partial charge in [-0.2, -0.15) is 0 Å². The molecule has 2 aromatic rings. The Morgan fingerprint density at radius 3 is 3.00 bits per heavy atom. The molecule has 1 aliphatic rings. The summed E-state index contributed by atoms with van der Waals surface area (Å²) in [6.45, 7) is 7.24.